The molecular formula is C19H25NO3S. The summed E-state index contributed by atoms with van der Waals surface area (Å²) in [7, 11) is -3.70. The van der Waals surface area contributed by atoms with Gasteiger partial charge in [-0.1, -0.05) is 19.9 Å². The van der Waals surface area contributed by atoms with E-state index < -0.39 is 9.84 Å². The summed E-state index contributed by atoms with van der Waals surface area (Å²) in [4.78, 5) is 4.79. The number of aromatic nitrogens is 1. The summed E-state index contributed by atoms with van der Waals surface area (Å²) in [6.45, 7) is 11.9. The van der Waals surface area contributed by atoms with Crippen molar-refractivity contribution in [1.29, 1.82) is 0 Å². The van der Waals surface area contributed by atoms with Crippen molar-refractivity contribution in [2.75, 3.05) is 6.61 Å². The molecule has 0 bridgehead atoms. The second kappa shape index (κ2) is 6.93. The van der Waals surface area contributed by atoms with Crippen LogP contribution in [0.3, 0.4) is 0 Å². The van der Waals surface area contributed by atoms with E-state index in [1.54, 1.807) is 25.1 Å². The van der Waals surface area contributed by atoms with Gasteiger partial charge in [0.15, 0.2) is 0 Å². The van der Waals surface area contributed by atoms with Crippen molar-refractivity contribution < 1.29 is 13.2 Å². The van der Waals surface area contributed by atoms with Gasteiger partial charge in [-0.2, -0.15) is 0 Å². The molecule has 0 saturated carbocycles. The molecule has 0 aliphatic rings. The zero-order chi connectivity index (χ0) is 18.1. The van der Waals surface area contributed by atoms with Crippen molar-refractivity contribution in [3.05, 3.63) is 46.6 Å². The van der Waals surface area contributed by atoms with E-state index in [1.807, 2.05) is 40.7 Å². The van der Waals surface area contributed by atoms with Crippen molar-refractivity contribution in [3.8, 4) is 5.88 Å². The third-order valence-corrected chi connectivity index (χ3v) is 5.47. The molecule has 0 saturated heterocycles. The average Bonchev–Trinajstić information content (AvgIpc) is 2.42. The van der Waals surface area contributed by atoms with Gasteiger partial charge in [0.2, 0.25) is 15.7 Å². The monoisotopic (exact) mass is 347 g/mol. The molecular weight excluding hydrogens is 322 g/mol. The van der Waals surface area contributed by atoms with Crippen molar-refractivity contribution in [1.82, 2.24) is 4.98 Å². The van der Waals surface area contributed by atoms with E-state index in [0.29, 0.717) is 12.2 Å². The number of hydrogen-bond donors (Lipinski definition) is 0. The standard InChI is InChI=1S/C19H25NO3S/c1-12(2)11-23-19-18(15(5)10-16(6)20-19)24(21,22)17-8-13(3)7-14(4)9-17/h7-10,12H,11H2,1-6H3. The molecule has 1 aromatic heterocycles. The van der Waals surface area contributed by atoms with Gasteiger partial charge < -0.3 is 4.74 Å². The van der Waals surface area contributed by atoms with E-state index in [1.165, 1.54) is 0 Å². The minimum Gasteiger partial charge on any atom is -0.476 e. The molecule has 0 N–H and O–H groups in total. The predicted molar refractivity (Wildman–Crippen MR) is 95.4 cm³/mol. The molecule has 0 atom stereocenters. The first-order valence-corrected chi connectivity index (χ1v) is 9.54. The highest BCUT2D eigenvalue weighted by molar-refractivity contribution is 7.91. The number of hydrogen-bond acceptors (Lipinski definition) is 4. The molecule has 0 unspecified atom stereocenters. The van der Waals surface area contributed by atoms with E-state index in [-0.39, 0.29) is 21.6 Å². The summed E-state index contributed by atoms with van der Waals surface area (Å²) < 4.78 is 32.2. The summed E-state index contributed by atoms with van der Waals surface area (Å²) >= 11 is 0. The largest absolute Gasteiger partial charge is 0.476 e. The predicted octanol–water partition coefficient (Wildman–Crippen LogP) is 4.18. The maximum Gasteiger partial charge on any atom is 0.233 e. The minimum atomic E-state index is -3.70. The SMILES string of the molecule is Cc1cc(C)cc(S(=O)(=O)c2c(C)cc(C)nc2OCC(C)C)c1. The first-order valence-electron chi connectivity index (χ1n) is 8.05. The van der Waals surface area contributed by atoms with E-state index in [0.717, 1.165) is 16.8 Å². The fraction of sp³-hybridized carbons (Fsp3) is 0.421. The van der Waals surface area contributed by atoms with Crippen LogP contribution in [0.4, 0.5) is 0 Å². The van der Waals surface area contributed by atoms with Gasteiger partial charge in [-0.05, 0) is 68.5 Å². The van der Waals surface area contributed by atoms with Crippen LogP contribution >= 0.6 is 0 Å². The number of rotatable bonds is 5. The highest BCUT2D eigenvalue weighted by Gasteiger charge is 2.27. The first-order chi connectivity index (χ1) is 11.1. The maximum atomic E-state index is 13.2. The lowest BCUT2D eigenvalue weighted by molar-refractivity contribution is 0.253. The van der Waals surface area contributed by atoms with Crippen molar-refractivity contribution in [2.24, 2.45) is 5.92 Å². The van der Waals surface area contributed by atoms with Crippen LogP contribution in [0.1, 0.15) is 36.2 Å². The average molecular weight is 347 g/mol. The lowest BCUT2D eigenvalue weighted by atomic mass is 10.2. The van der Waals surface area contributed by atoms with E-state index in [2.05, 4.69) is 4.98 Å². The number of aryl methyl sites for hydroxylation is 4. The topological polar surface area (TPSA) is 56.3 Å². The van der Waals surface area contributed by atoms with Gasteiger partial charge in [-0.25, -0.2) is 13.4 Å². The van der Waals surface area contributed by atoms with Crippen LogP contribution in [0.2, 0.25) is 0 Å². The Balaban J connectivity index is 2.64. The summed E-state index contributed by atoms with van der Waals surface area (Å²) in [5.41, 5.74) is 3.22. The molecule has 1 heterocycles. The highest BCUT2D eigenvalue weighted by atomic mass is 32.2. The van der Waals surface area contributed by atoms with Gasteiger partial charge in [-0.3, -0.25) is 0 Å². The second-order valence-electron chi connectivity index (χ2n) is 6.75. The summed E-state index contributed by atoms with van der Waals surface area (Å²) in [5.74, 6) is 0.477. The van der Waals surface area contributed by atoms with Gasteiger partial charge >= 0.3 is 0 Å². The van der Waals surface area contributed by atoms with Crippen LogP contribution in [-0.2, 0) is 9.84 Å². The fourth-order valence-corrected chi connectivity index (χ4v) is 4.40. The second-order valence-corrected chi connectivity index (χ2v) is 8.63. The number of sulfone groups is 1. The van der Waals surface area contributed by atoms with Crippen LogP contribution in [0.15, 0.2) is 34.1 Å². The van der Waals surface area contributed by atoms with Crippen molar-refractivity contribution in [3.63, 3.8) is 0 Å². The lowest BCUT2D eigenvalue weighted by Crippen LogP contribution is -2.13. The summed E-state index contributed by atoms with van der Waals surface area (Å²) in [6, 6.07) is 7.11. The minimum absolute atomic E-state index is 0.166. The lowest BCUT2D eigenvalue weighted by Gasteiger charge is -2.16. The number of benzene rings is 1. The van der Waals surface area contributed by atoms with Crippen LogP contribution in [0.5, 0.6) is 5.88 Å². The highest BCUT2D eigenvalue weighted by Crippen LogP contribution is 2.32. The molecule has 2 aromatic rings. The van der Waals surface area contributed by atoms with Gasteiger partial charge in [-0.15, -0.1) is 0 Å². The van der Waals surface area contributed by atoms with E-state index >= 15 is 0 Å². The van der Waals surface area contributed by atoms with Crippen LogP contribution in [0, 0.1) is 33.6 Å². The third kappa shape index (κ3) is 3.96. The summed E-state index contributed by atoms with van der Waals surface area (Å²) in [6.07, 6.45) is 0. The van der Waals surface area contributed by atoms with Crippen LogP contribution in [0.25, 0.3) is 0 Å². The Morgan fingerprint density at radius 2 is 1.58 bits per heavy atom. The third-order valence-electron chi connectivity index (χ3n) is 3.58. The molecule has 0 fully saturated rings. The summed E-state index contributed by atoms with van der Waals surface area (Å²) in [5, 5.41) is 0. The molecule has 2 rings (SSSR count). The quantitative estimate of drug-likeness (QED) is 0.814. The molecule has 1 aromatic carbocycles. The first kappa shape index (κ1) is 18.5. The number of nitrogens with zero attached hydrogens (tertiary/aromatic N) is 1. The van der Waals surface area contributed by atoms with Crippen LogP contribution in [-0.4, -0.2) is 20.0 Å². The zero-order valence-corrected chi connectivity index (χ0v) is 16.0. The molecule has 0 radical (unpaired) electrons. The molecule has 0 amide bonds. The Hall–Kier alpha value is -1.88. The fourth-order valence-electron chi connectivity index (χ4n) is 2.67. The Morgan fingerprint density at radius 3 is 2.12 bits per heavy atom. The van der Waals surface area contributed by atoms with E-state index in [9.17, 15) is 8.42 Å². The van der Waals surface area contributed by atoms with Gasteiger partial charge in [0, 0.05) is 5.69 Å². The maximum absolute atomic E-state index is 13.2. The molecule has 0 spiro atoms. The molecule has 4 nitrogen and oxygen atoms in total. The van der Waals surface area contributed by atoms with Gasteiger partial charge in [0.25, 0.3) is 0 Å². The van der Waals surface area contributed by atoms with Crippen molar-refractivity contribution >= 4 is 9.84 Å². The molecule has 0 aliphatic heterocycles. The van der Waals surface area contributed by atoms with Crippen LogP contribution < -0.4 is 4.74 Å². The Labute approximate surface area is 144 Å². The smallest absolute Gasteiger partial charge is 0.233 e. The molecule has 24 heavy (non-hydrogen) atoms. The zero-order valence-electron chi connectivity index (χ0n) is 15.2. The Kier molecular flexibility index (Phi) is 5.33. The van der Waals surface area contributed by atoms with Gasteiger partial charge in [0.05, 0.1) is 11.5 Å². The normalized spacial score (nSPS) is 11.8. The van der Waals surface area contributed by atoms with Crippen molar-refractivity contribution in [2.45, 2.75) is 51.3 Å². The molecule has 5 heteroatoms. The molecule has 130 valence electrons. The Bertz CT molecular complexity index is 835. The number of pyridine rings is 1. The molecule has 0 aliphatic carbocycles. The van der Waals surface area contributed by atoms with Gasteiger partial charge in [0.1, 0.15) is 4.90 Å². The number of ether oxygens (including phenoxy) is 1. The Morgan fingerprint density at radius 1 is 1.00 bits per heavy atom. The van der Waals surface area contributed by atoms with E-state index in [4.69, 9.17) is 4.74 Å².